The van der Waals surface area contributed by atoms with Crippen LogP contribution in [0.3, 0.4) is 0 Å². The van der Waals surface area contributed by atoms with Gasteiger partial charge in [0.15, 0.2) is 0 Å². The summed E-state index contributed by atoms with van der Waals surface area (Å²) in [5, 5.41) is 10.0. The molecule has 1 aliphatic rings. The maximum Gasteiger partial charge on any atom is 0.253 e. The van der Waals surface area contributed by atoms with Crippen molar-refractivity contribution in [3.8, 4) is 0 Å². The molecule has 1 aromatic rings. The van der Waals surface area contributed by atoms with Crippen LogP contribution in [0.4, 0.5) is 0 Å². The lowest BCUT2D eigenvalue weighted by atomic mass is 9.94. The summed E-state index contributed by atoms with van der Waals surface area (Å²) in [6, 6.07) is 7.60. The van der Waals surface area contributed by atoms with Gasteiger partial charge in [0.05, 0.1) is 5.60 Å². The third-order valence-electron chi connectivity index (χ3n) is 3.23. The highest BCUT2D eigenvalue weighted by atomic mass is 16.3. The Balaban J connectivity index is 2.15. The van der Waals surface area contributed by atoms with Crippen LogP contribution in [0.5, 0.6) is 0 Å². The van der Waals surface area contributed by atoms with Gasteiger partial charge in [0, 0.05) is 18.7 Å². The van der Waals surface area contributed by atoms with E-state index in [2.05, 4.69) is 0 Å². The summed E-state index contributed by atoms with van der Waals surface area (Å²) >= 11 is 0. The van der Waals surface area contributed by atoms with Gasteiger partial charge in [-0.1, -0.05) is 17.7 Å². The van der Waals surface area contributed by atoms with Crippen molar-refractivity contribution in [2.24, 2.45) is 0 Å². The zero-order chi connectivity index (χ0) is 12.5. The highest BCUT2D eigenvalue weighted by Crippen LogP contribution is 2.21. The molecule has 3 heteroatoms. The number of hydrogen-bond donors (Lipinski definition) is 1. The summed E-state index contributed by atoms with van der Waals surface area (Å²) in [4.78, 5) is 14.0. The molecule has 0 spiro atoms. The first-order chi connectivity index (χ1) is 7.98. The third-order valence-corrected chi connectivity index (χ3v) is 3.23. The van der Waals surface area contributed by atoms with Crippen LogP contribution in [0.2, 0.25) is 0 Å². The van der Waals surface area contributed by atoms with E-state index in [0.29, 0.717) is 12.1 Å². The molecule has 2 rings (SSSR count). The molecule has 1 fully saturated rings. The van der Waals surface area contributed by atoms with Gasteiger partial charge in [-0.2, -0.15) is 0 Å². The predicted octanol–water partition coefficient (Wildman–Crippen LogP) is 1.98. The Bertz CT molecular complexity index is 426. The molecule has 1 unspecified atom stereocenters. The zero-order valence-electron chi connectivity index (χ0n) is 10.4. The minimum Gasteiger partial charge on any atom is -0.388 e. The first kappa shape index (κ1) is 12.1. The van der Waals surface area contributed by atoms with Crippen LogP contribution < -0.4 is 0 Å². The Morgan fingerprint density at radius 3 is 2.88 bits per heavy atom. The van der Waals surface area contributed by atoms with Crippen molar-refractivity contribution >= 4 is 5.91 Å². The first-order valence-electron chi connectivity index (χ1n) is 6.06. The smallest absolute Gasteiger partial charge is 0.253 e. The maximum absolute atomic E-state index is 12.3. The molecule has 1 aromatic carbocycles. The number of aryl methyl sites for hydroxylation is 1. The first-order valence-corrected chi connectivity index (χ1v) is 6.06. The fourth-order valence-electron chi connectivity index (χ4n) is 2.35. The van der Waals surface area contributed by atoms with Crippen molar-refractivity contribution in [1.29, 1.82) is 0 Å². The molecule has 1 atom stereocenters. The molecule has 0 saturated carbocycles. The molecular weight excluding hydrogens is 214 g/mol. The number of carbonyl (C=O) groups excluding carboxylic acids is 1. The Morgan fingerprint density at radius 1 is 1.47 bits per heavy atom. The Labute approximate surface area is 102 Å². The molecule has 1 amide bonds. The number of hydrogen-bond acceptors (Lipinski definition) is 2. The molecule has 1 aliphatic heterocycles. The number of rotatable bonds is 1. The molecule has 1 N–H and O–H groups in total. The van der Waals surface area contributed by atoms with Crippen LogP contribution >= 0.6 is 0 Å². The van der Waals surface area contributed by atoms with E-state index in [1.54, 1.807) is 11.8 Å². The van der Waals surface area contributed by atoms with Gasteiger partial charge >= 0.3 is 0 Å². The van der Waals surface area contributed by atoms with E-state index in [1.807, 2.05) is 31.2 Å². The van der Waals surface area contributed by atoms with E-state index in [0.717, 1.165) is 24.9 Å². The second kappa shape index (κ2) is 4.49. The largest absolute Gasteiger partial charge is 0.388 e. The normalized spacial score (nSPS) is 24.8. The van der Waals surface area contributed by atoms with Gasteiger partial charge in [0.25, 0.3) is 5.91 Å². The number of piperidine rings is 1. The van der Waals surface area contributed by atoms with E-state index in [1.165, 1.54) is 0 Å². The number of benzene rings is 1. The van der Waals surface area contributed by atoms with Crippen molar-refractivity contribution in [3.05, 3.63) is 35.4 Å². The van der Waals surface area contributed by atoms with E-state index in [4.69, 9.17) is 0 Å². The average Bonchev–Trinajstić information content (AvgIpc) is 2.26. The van der Waals surface area contributed by atoms with Crippen molar-refractivity contribution in [1.82, 2.24) is 4.90 Å². The van der Waals surface area contributed by atoms with E-state index in [-0.39, 0.29) is 5.91 Å². The second-order valence-electron chi connectivity index (χ2n) is 5.20. The van der Waals surface area contributed by atoms with Crippen LogP contribution in [0.25, 0.3) is 0 Å². The van der Waals surface area contributed by atoms with Crippen LogP contribution in [0.15, 0.2) is 24.3 Å². The quantitative estimate of drug-likeness (QED) is 0.805. The SMILES string of the molecule is Cc1cccc(C(=O)N2CCCC(C)(O)C2)c1. The minimum absolute atomic E-state index is 0.0219. The molecule has 1 heterocycles. The Morgan fingerprint density at radius 2 is 2.24 bits per heavy atom. The topological polar surface area (TPSA) is 40.5 Å². The summed E-state index contributed by atoms with van der Waals surface area (Å²) in [5.74, 6) is 0.0219. The van der Waals surface area contributed by atoms with E-state index < -0.39 is 5.60 Å². The summed E-state index contributed by atoms with van der Waals surface area (Å²) in [7, 11) is 0. The Kier molecular flexibility index (Phi) is 3.20. The van der Waals surface area contributed by atoms with Crippen LogP contribution in [0.1, 0.15) is 35.7 Å². The van der Waals surface area contributed by atoms with Crippen molar-refractivity contribution < 1.29 is 9.90 Å². The highest BCUT2D eigenvalue weighted by Gasteiger charge is 2.31. The van der Waals surface area contributed by atoms with Gasteiger partial charge in [-0.05, 0) is 38.8 Å². The number of likely N-dealkylation sites (tertiary alicyclic amines) is 1. The van der Waals surface area contributed by atoms with E-state index >= 15 is 0 Å². The van der Waals surface area contributed by atoms with Gasteiger partial charge in [0.1, 0.15) is 0 Å². The number of aliphatic hydroxyl groups is 1. The van der Waals surface area contributed by atoms with E-state index in [9.17, 15) is 9.90 Å². The molecule has 3 nitrogen and oxygen atoms in total. The standard InChI is InChI=1S/C14H19NO2/c1-11-5-3-6-12(9-11)13(16)15-8-4-7-14(2,17)10-15/h3,5-6,9,17H,4,7-8,10H2,1-2H3. The Hall–Kier alpha value is -1.35. The lowest BCUT2D eigenvalue weighted by Crippen LogP contribution is -2.48. The summed E-state index contributed by atoms with van der Waals surface area (Å²) < 4.78 is 0. The van der Waals surface area contributed by atoms with Crippen molar-refractivity contribution in [3.63, 3.8) is 0 Å². The molecule has 0 radical (unpaired) electrons. The summed E-state index contributed by atoms with van der Waals surface area (Å²) in [6.07, 6.45) is 1.63. The molecular formula is C14H19NO2. The van der Waals surface area contributed by atoms with Crippen LogP contribution in [0, 0.1) is 6.92 Å². The molecule has 0 bridgehead atoms. The number of amides is 1. The summed E-state index contributed by atoms with van der Waals surface area (Å²) in [6.45, 7) is 4.94. The minimum atomic E-state index is -0.738. The number of carbonyl (C=O) groups is 1. The van der Waals surface area contributed by atoms with Crippen molar-refractivity contribution in [2.75, 3.05) is 13.1 Å². The maximum atomic E-state index is 12.3. The highest BCUT2D eigenvalue weighted by molar-refractivity contribution is 5.94. The molecule has 1 saturated heterocycles. The summed E-state index contributed by atoms with van der Waals surface area (Å²) in [5.41, 5.74) is 1.06. The third kappa shape index (κ3) is 2.86. The average molecular weight is 233 g/mol. The predicted molar refractivity (Wildman–Crippen MR) is 66.9 cm³/mol. The van der Waals surface area contributed by atoms with Crippen LogP contribution in [-0.2, 0) is 0 Å². The van der Waals surface area contributed by atoms with Gasteiger partial charge in [-0.15, -0.1) is 0 Å². The molecule has 92 valence electrons. The molecule has 0 aromatic heterocycles. The fraction of sp³-hybridized carbons (Fsp3) is 0.500. The second-order valence-corrected chi connectivity index (χ2v) is 5.20. The van der Waals surface area contributed by atoms with Gasteiger partial charge in [-0.3, -0.25) is 4.79 Å². The lowest BCUT2D eigenvalue weighted by molar-refractivity contribution is -0.0107. The number of nitrogens with zero attached hydrogens (tertiary/aromatic N) is 1. The number of β-amino-alcohol motifs (C(OH)–C–C–N with tert-alkyl or cyclic N) is 1. The lowest BCUT2D eigenvalue weighted by Gasteiger charge is -2.36. The zero-order valence-corrected chi connectivity index (χ0v) is 10.4. The van der Waals surface area contributed by atoms with Crippen LogP contribution in [-0.4, -0.2) is 34.6 Å². The molecule has 17 heavy (non-hydrogen) atoms. The van der Waals surface area contributed by atoms with Gasteiger partial charge in [-0.25, -0.2) is 0 Å². The van der Waals surface area contributed by atoms with Crippen molar-refractivity contribution in [2.45, 2.75) is 32.3 Å². The monoisotopic (exact) mass is 233 g/mol. The molecule has 0 aliphatic carbocycles. The fourth-order valence-corrected chi connectivity index (χ4v) is 2.35. The van der Waals surface area contributed by atoms with Gasteiger partial charge < -0.3 is 10.0 Å². The van der Waals surface area contributed by atoms with Gasteiger partial charge in [0.2, 0.25) is 0 Å².